The number of amides is 2. The lowest BCUT2D eigenvalue weighted by Crippen LogP contribution is -2.28. The number of hydrogen-bond donors (Lipinski definition) is 3. The summed E-state index contributed by atoms with van der Waals surface area (Å²) in [6.07, 6.45) is 0. The van der Waals surface area contributed by atoms with Gasteiger partial charge in [-0.3, -0.25) is 0 Å². The van der Waals surface area contributed by atoms with Gasteiger partial charge in [0.15, 0.2) is 0 Å². The third-order valence-corrected chi connectivity index (χ3v) is 3.36. The van der Waals surface area contributed by atoms with Gasteiger partial charge >= 0.3 is 12.0 Å². The number of carboxylic acid groups (broad SMARTS) is 1. The predicted molar refractivity (Wildman–Crippen MR) is 80.7 cm³/mol. The lowest BCUT2D eigenvalue weighted by molar-refractivity contribution is 0.0660. The van der Waals surface area contributed by atoms with Gasteiger partial charge in [0.1, 0.15) is 5.76 Å². The Bertz CT molecular complexity index is 639. The fourth-order valence-corrected chi connectivity index (χ4v) is 2.01. The van der Waals surface area contributed by atoms with Gasteiger partial charge in [0, 0.05) is 3.57 Å². The molecule has 1 heterocycles. The summed E-state index contributed by atoms with van der Waals surface area (Å²) in [5, 5.41) is 14.0. The second-order valence-corrected chi connectivity index (χ2v) is 5.02. The average Bonchev–Trinajstić information content (AvgIpc) is 2.88. The van der Waals surface area contributed by atoms with Crippen LogP contribution in [0.4, 0.5) is 10.5 Å². The van der Waals surface area contributed by atoms with E-state index in [1.54, 1.807) is 6.07 Å². The molecule has 0 aliphatic carbocycles. The number of furan rings is 1. The molecule has 104 valence electrons. The number of urea groups is 1. The Morgan fingerprint density at radius 2 is 1.95 bits per heavy atom. The van der Waals surface area contributed by atoms with Crippen LogP contribution >= 0.6 is 22.6 Å². The standard InChI is InChI=1S/C13H11IN2O4/c14-9-3-1-2-4-10(9)16-13(19)15-7-8-5-6-11(20-8)12(17)18/h1-6H,7H2,(H,17,18)(H2,15,16,19). The van der Waals surface area contributed by atoms with Gasteiger partial charge < -0.3 is 20.2 Å². The first-order valence-corrected chi connectivity index (χ1v) is 6.75. The smallest absolute Gasteiger partial charge is 0.371 e. The first-order valence-electron chi connectivity index (χ1n) is 5.67. The summed E-state index contributed by atoms with van der Waals surface area (Å²) >= 11 is 2.12. The number of rotatable bonds is 4. The molecule has 0 aliphatic heterocycles. The van der Waals surface area contributed by atoms with Crippen LogP contribution in [0.15, 0.2) is 40.8 Å². The molecule has 2 rings (SSSR count). The molecule has 3 N–H and O–H groups in total. The van der Waals surface area contributed by atoms with Crippen molar-refractivity contribution in [2.45, 2.75) is 6.54 Å². The Balaban J connectivity index is 1.89. The number of aromatic carboxylic acids is 1. The van der Waals surface area contributed by atoms with Crippen LogP contribution in [0.1, 0.15) is 16.3 Å². The molecule has 7 heteroatoms. The van der Waals surface area contributed by atoms with E-state index in [1.807, 2.05) is 18.2 Å². The van der Waals surface area contributed by atoms with Crippen molar-refractivity contribution >= 4 is 40.3 Å². The average molecular weight is 386 g/mol. The molecule has 0 spiro atoms. The van der Waals surface area contributed by atoms with Crippen molar-refractivity contribution in [3.8, 4) is 0 Å². The Morgan fingerprint density at radius 1 is 1.20 bits per heavy atom. The summed E-state index contributed by atoms with van der Waals surface area (Å²) in [5.74, 6) is -0.917. The van der Waals surface area contributed by atoms with Crippen LogP contribution in [0.25, 0.3) is 0 Å². The number of carboxylic acids is 1. The van der Waals surface area contributed by atoms with Gasteiger partial charge in [0.05, 0.1) is 12.2 Å². The predicted octanol–water partition coefficient (Wildman–Crippen LogP) is 2.90. The molecule has 0 radical (unpaired) electrons. The van der Waals surface area contributed by atoms with Crippen LogP contribution < -0.4 is 10.6 Å². The van der Waals surface area contributed by atoms with Gasteiger partial charge in [-0.2, -0.15) is 0 Å². The van der Waals surface area contributed by atoms with E-state index in [9.17, 15) is 9.59 Å². The molecule has 0 fully saturated rings. The second kappa shape index (κ2) is 6.42. The molecule has 0 unspecified atom stereocenters. The fourth-order valence-electron chi connectivity index (χ4n) is 1.48. The van der Waals surface area contributed by atoms with Crippen LogP contribution in [0.5, 0.6) is 0 Å². The highest BCUT2D eigenvalue weighted by molar-refractivity contribution is 14.1. The van der Waals surface area contributed by atoms with Crippen molar-refractivity contribution in [2.24, 2.45) is 0 Å². The second-order valence-electron chi connectivity index (χ2n) is 3.86. The molecule has 2 amide bonds. The molecule has 0 saturated heterocycles. The molecule has 0 saturated carbocycles. The fraction of sp³-hybridized carbons (Fsp3) is 0.0769. The van der Waals surface area contributed by atoms with E-state index in [2.05, 4.69) is 33.2 Å². The molecule has 1 aromatic heterocycles. The summed E-state index contributed by atoms with van der Waals surface area (Å²) in [6.45, 7) is 0.114. The van der Waals surface area contributed by atoms with Gasteiger partial charge in [-0.1, -0.05) is 12.1 Å². The topological polar surface area (TPSA) is 91.6 Å². The number of hydrogen-bond acceptors (Lipinski definition) is 3. The summed E-state index contributed by atoms with van der Waals surface area (Å²) < 4.78 is 5.95. The van der Waals surface area contributed by atoms with E-state index in [0.717, 1.165) is 3.57 Å². The zero-order chi connectivity index (χ0) is 14.5. The molecule has 0 bridgehead atoms. The maximum atomic E-state index is 11.7. The molecule has 20 heavy (non-hydrogen) atoms. The van der Waals surface area contributed by atoms with Crippen molar-refractivity contribution in [1.29, 1.82) is 0 Å². The third kappa shape index (κ3) is 3.73. The Labute approximate surface area is 128 Å². The minimum Gasteiger partial charge on any atom is -0.475 e. The number of anilines is 1. The van der Waals surface area contributed by atoms with Gasteiger partial charge in [-0.25, -0.2) is 9.59 Å². The van der Waals surface area contributed by atoms with Gasteiger partial charge in [0.2, 0.25) is 5.76 Å². The van der Waals surface area contributed by atoms with Crippen molar-refractivity contribution < 1.29 is 19.1 Å². The van der Waals surface area contributed by atoms with E-state index >= 15 is 0 Å². The number of para-hydroxylation sites is 1. The maximum absolute atomic E-state index is 11.7. The number of carbonyl (C=O) groups is 2. The molecule has 0 atom stereocenters. The quantitative estimate of drug-likeness (QED) is 0.705. The van der Waals surface area contributed by atoms with E-state index in [1.165, 1.54) is 12.1 Å². The lowest BCUT2D eigenvalue weighted by atomic mass is 10.3. The summed E-state index contributed by atoms with van der Waals surface area (Å²) in [5.41, 5.74) is 0.705. The Hall–Kier alpha value is -2.03. The molecular weight excluding hydrogens is 375 g/mol. The monoisotopic (exact) mass is 386 g/mol. The first kappa shape index (κ1) is 14.4. The highest BCUT2D eigenvalue weighted by Crippen LogP contribution is 2.16. The van der Waals surface area contributed by atoms with Crippen LogP contribution in [0.3, 0.4) is 0 Å². The highest BCUT2D eigenvalue weighted by atomic mass is 127. The van der Waals surface area contributed by atoms with Gasteiger partial charge in [-0.05, 0) is 46.9 Å². The minimum absolute atomic E-state index is 0.114. The molecule has 1 aromatic carbocycles. The van der Waals surface area contributed by atoms with Crippen LogP contribution in [0.2, 0.25) is 0 Å². The lowest BCUT2D eigenvalue weighted by Gasteiger charge is -2.07. The Morgan fingerprint density at radius 3 is 2.60 bits per heavy atom. The maximum Gasteiger partial charge on any atom is 0.371 e. The number of carbonyl (C=O) groups excluding carboxylic acids is 1. The van der Waals surface area contributed by atoms with Crippen molar-refractivity contribution in [1.82, 2.24) is 5.32 Å². The Kier molecular flexibility index (Phi) is 4.61. The molecule has 6 nitrogen and oxygen atoms in total. The zero-order valence-electron chi connectivity index (χ0n) is 10.2. The minimum atomic E-state index is -1.14. The summed E-state index contributed by atoms with van der Waals surface area (Å²) in [7, 11) is 0. The van der Waals surface area contributed by atoms with Crippen molar-refractivity contribution in [3.05, 3.63) is 51.5 Å². The van der Waals surface area contributed by atoms with Crippen LogP contribution in [-0.2, 0) is 6.54 Å². The van der Waals surface area contributed by atoms with E-state index < -0.39 is 5.97 Å². The van der Waals surface area contributed by atoms with E-state index in [-0.39, 0.29) is 18.3 Å². The van der Waals surface area contributed by atoms with Crippen LogP contribution in [-0.4, -0.2) is 17.1 Å². The number of nitrogens with one attached hydrogen (secondary N) is 2. The van der Waals surface area contributed by atoms with Gasteiger partial charge in [-0.15, -0.1) is 0 Å². The first-order chi connectivity index (χ1) is 9.56. The van der Waals surface area contributed by atoms with Gasteiger partial charge in [0.25, 0.3) is 0 Å². The van der Waals surface area contributed by atoms with Crippen molar-refractivity contribution in [2.75, 3.05) is 5.32 Å². The largest absolute Gasteiger partial charge is 0.475 e. The van der Waals surface area contributed by atoms with E-state index in [0.29, 0.717) is 11.4 Å². The summed E-state index contributed by atoms with van der Waals surface area (Å²) in [4.78, 5) is 22.3. The zero-order valence-corrected chi connectivity index (χ0v) is 12.4. The summed E-state index contributed by atoms with van der Waals surface area (Å²) in [6, 6.07) is 9.83. The number of halogens is 1. The van der Waals surface area contributed by atoms with E-state index in [4.69, 9.17) is 9.52 Å². The SMILES string of the molecule is O=C(NCc1ccc(C(=O)O)o1)Nc1ccccc1I. The highest BCUT2D eigenvalue weighted by Gasteiger charge is 2.10. The third-order valence-electron chi connectivity index (χ3n) is 2.42. The normalized spacial score (nSPS) is 10.1. The van der Waals surface area contributed by atoms with Crippen molar-refractivity contribution in [3.63, 3.8) is 0 Å². The van der Waals surface area contributed by atoms with Crippen LogP contribution in [0, 0.1) is 3.57 Å². The number of benzene rings is 1. The molecule has 2 aromatic rings. The molecular formula is C13H11IN2O4. The molecule has 0 aliphatic rings.